The van der Waals surface area contributed by atoms with Crippen molar-refractivity contribution >= 4 is 34.1 Å². The molecular weight excluding hydrogens is 428 g/mol. The van der Waals surface area contributed by atoms with Crippen LogP contribution in [0.2, 0.25) is 0 Å². The number of hydrogen-bond acceptors (Lipinski definition) is 6. The Kier molecular flexibility index (Phi) is 6.09. The number of hydrogen-bond donors (Lipinski definition) is 2. The molecule has 8 nitrogen and oxygen atoms in total. The fourth-order valence-electron chi connectivity index (χ4n) is 4.02. The average Bonchev–Trinajstić information content (AvgIpc) is 3.40. The lowest BCUT2D eigenvalue weighted by Gasteiger charge is -2.08. The van der Waals surface area contributed by atoms with Crippen LogP contribution in [0.25, 0.3) is 0 Å². The zero-order chi connectivity index (χ0) is 22.8. The third-order valence-corrected chi connectivity index (χ3v) is 6.72. The molecule has 0 bridgehead atoms. The van der Waals surface area contributed by atoms with Gasteiger partial charge in [-0.15, -0.1) is 11.3 Å². The van der Waals surface area contributed by atoms with Crippen molar-refractivity contribution in [3.05, 3.63) is 68.9 Å². The zero-order valence-electron chi connectivity index (χ0n) is 17.9. The second-order valence-corrected chi connectivity index (χ2v) is 8.84. The third-order valence-electron chi connectivity index (χ3n) is 5.52. The van der Waals surface area contributed by atoms with Gasteiger partial charge in [-0.25, -0.2) is 4.79 Å². The van der Waals surface area contributed by atoms with E-state index < -0.39 is 24.4 Å². The normalized spacial score (nSPS) is 12.4. The van der Waals surface area contributed by atoms with Crippen molar-refractivity contribution in [1.82, 2.24) is 9.78 Å². The van der Waals surface area contributed by atoms with Crippen molar-refractivity contribution < 1.29 is 19.1 Å². The van der Waals surface area contributed by atoms with E-state index in [0.29, 0.717) is 34.1 Å². The first kappa shape index (κ1) is 21.8. The number of primary amides is 1. The van der Waals surface area contributed by atoms with E-state index in [9.17, 15) is 14.4 Å². The molecule has 2 heterocycles. The maximum Gasteiger partial charge on any atom is 0.342 e. The molecule has 0 atom stereocenters. The third kappa shape index (κ3) is 4.29. The monoisotopic (exact) mass is 452 g/mol. The van der Waals surface area contributed by atoms with Crippen molar-refractivity contribution in [2.24, 2.45) is 5.73 Å². The van der Waals surface area contributed by atoms with E-state index in [1.54, 1.807) is 18.5 Å². The first-order valence-corrected chi connectivity index (χ1v) is 11.2. The molecule has 9 heteroatoms. The standard InChI is InChI=1S/C23H24N4O4S/c1-13-19(14(2)27(26-13)11-15-7-4-3-5-8-15)23(30)31-12-18(28)25-22-20(21(24)29)16-9-6-10-17(16)32-22/h3-5,7-8H,6,9-12H2,1-2H3,(H2,24,29)(H,25,28). The van der Waals surface area contributed by atoms with Gasteiger partial charge in [0.2, 0.25) is 0 Å². The number of nitrogens with zero attached hydrogens (tertiary/aromatic N) is 2. The fraction of sp³-hybridized carbons (Fsp3) is 0.304. The predicted molar refractivity (Wildman–Crippen MR) is 121 cm³/mol. The Morgan fingerprint density at radius 1 is 1.16 bits per heavy atom. The second-order valence-electron chi connectivity index (χ2n) is 7.74. The SMILES string of the molecule is Cc1nn(Cc2ccccc2)c(C)c1C(=O)OCC(=O)Nc1sc2c(c1C(N)=O)CCC2. The van der Waals surface area contributed by atoms with Gasteiger partial charge in [0.15, 0.2) is 6.61 Å². The summed E-state index contributed by atoms with van der Waals surface area (Å²) in [6, 6.07) is 9.80. The number of benzene rings is 1. The summed E-state index contributed by atoms with van der Waals surface area (Å²) in [5, 5.41) is 7.54. The molecule has 3 aromatic rings. The van der Waals surface area contributed by atoms with Gasteiger partial charge >= 0.3 is 5.97 Å². The Hall–Kier alpha value is -3.46. The van der Waals surface area contributed by atoms with Crippen LogP contribution < -0.4 is 11.1 Å². The number of nitrogens with one attached hydrogen (secondary N) is 1. The second kappa shape index (κ2) is 8.96. The number of carbonyl (C=O) groups is 3. The highest BCUT2D eigenvalue weighted by atomic mass is 32.1. The lowest BCUT2D eigenvalue weighted by molar-refractivity contribution is -0.119. The number of rotatable bonds is 7. The van der Waals surface area contributed by atoms with Gasteiger partial charge in [-0.2, -0.15) is 5.10 Å². The number of aryl methyl sites for hydroxylation is 2. The summed E-state index contributed by atoms with van der Waals surface area (Å²) in [6.07, 6.45) is 2.63. The van der Waals surface area contributed by atoms with Gasteiger partial charge in [-0.05, 0) is 44.2 Å². The summed E-state index contributed by atoms with van der Waals surface area (Å²) in [4.78, 5) is 38.0. The van der Waals surface area contributed by atoms with E-state index >= 15 is 0 Å². The summed E-state index contributed by atoms with van der Waals surface area (Å²) >= 11 is 1.36. The van der Waals surface area contributed by atoms with Crippen LogP contribution in [-0.2, 0) is 28.9 Å². The predicted octanol–water partition coefficient (Wildman–Crippen LogP) is 2.99. The zero-order valence-corrected chi connectivity index (χ0v) is 18.8. The molecule has 0 unspecified atom stereocenters. The van der Waals surface area contributed by atoms with Crippen LogP contribution in [0.15, 0.2) is 30.3 Å². The van der Waals surface area contributed by atoms with E-state index in [0.717, 1.165) is 35.3 Å². The van der Waals surface area contributed by atoms with Gasteiger partial charge in [0.25, 0.3) is 11.8 Å². The summed E-state index contributed by atoms with van der Waals surface area (Å²) < 4.78 is 6.99. The van der Waals surface area contributed by atoms with E-state index in [4.69, 9.17) is 10.5 Å². The highest BCUT2D eigenvalue weighted by Gasteiger charge is 2.27. The summed E-state index contributed by atoms with van der Waals surface area (Å²) in [7, 11) is 0. The molecule has 4 rings (SSSR count). The van der Waals surface area contributed by atoms with Crippen molar-refractivity contribution in [3.63, 3.8) is 0 Å². The van der Waals surface area contributed by atoms with Gasteiger partial charge in [-0.3, -0.25) is 14.3 Å². The Balaban J connectivity index is 1.41. The lowest BCUT2D eigenvalue weighted by atomic mass is 10.1. The molecule has 0 saturated heterocycles. The molecule has 2 amide bonds. The van der Waals surface area contributed by atoms with Crippen molar-refractivity contribution in [3.8, 4) is 0 Å². The highest BCUT2D eigenvalue weighted by Crippen LogP contribution is 2.38. The number of thiophene rings is 1. The molecule has 1 aromatic carbocycles. The summed E-state index contributed by atoms with van der Waals surface area (Å²) in [5.41, 5.74) is 9.43. The number of esters is 1. The molecule has 0 fully saturated rings. The first-order valence-electron chi connectivity index (χ1n) is 10.3. The van der Waals surface area contributed by atoms with Gasteiger partial charge in [0, 0.05) is 4.88 Å². The summed E-state index contributed by atoms with van der Waals surface area (Å²) in [5.74, 6) is -1.69. The number of carbonyl (C=O) groups excluding carboxylic acids is 3. The van der Waals surface area contributed by atoms with Gasteiger partial charge in [-0.1, -0.05) is 30.3 Å². The van der Waals surface area contributed by atoms with E-state index in [2.05, 4.69) is 10.4 Å². The fourth-order valence-corrected chi connectivity index (χ4v) is 5.33. The molecule has 3 N–H and O–H groups in total. The smallest absolute Gasteiger partial charge is 0.342 e. The number of anilines is 1. The first-order chi connectivity index (χ1) is 15.3. The van der Waals surface area contributed by atoms with Crippen LogP contribution in [0.5, 0.6) is 0 Å². The topological polar surface area (TPSA) is 116 Å². The minimum atomic E-state index is -0.613. The maximum atomic E-state index is 12.7. The van der Waals surface area contributed by atoms with Crippen molar-refractivity contribution in [2.45, 2.75) is 39.7 Å². The van der Waals surface area contributed by atoms with Crippen LogP contribution in [0.1, 0.15) is 54.5 Å². The van der Waals surface area contributed by atoms with Gasteiger partial charge in [0.1, 0.15) is 10.6 Å². The highest BCUT2D eigenvalue weighted by molar-refractivity contribution is 7.17. The lowest BCUT2D eigenvalue weighted by Crippen LogP contribution is -2.23. The number of amides is 2. The quantitative estimate of drug-likeness (QED) is 0.535. The van der Waals surface area contributed by atoms with Crippen LogP contribution in [-0.4, -0.2) is 34.2 Å². The van der Waals surface area contributed by atoms with Crippen LogP contribution in [0.4, 0.5) is 5.00 Å². The minimum absolute atomic E-state index is 0.349. The van der Waals surface area contributed by atoms with Crippen LogP contribution >= 0.6 is 11.3 Å². The van der Waals surface area contributed by atoms with E-state index in [-0.39, 0.29) is 0 Å². The molecule has 32 heavy (non-hydrogen) atoms. The molecular formula is C23H24N4O4S. The number of aromatic nitrogens is 2. The molecule has 0 aliphatic heterocycles. The Morgan fingerprint density at radius 2 is 1.91 bits per heavy atom. The van der Waals surface area contributed by atoms with Crippen molar-refractivity contribution in [2.75, 3.05) is 11.9 Å². The number of ether oxygens (including phenoxy) is 1. The molecule has 2 aromatic heterocycles. The van der Waals surface area contributed by atoms with E-state index in [1.807, 2.05) is 30.3 Å². The van der Waals surface area contributed by atoms with Crippen molar-refractivity contribution in [1.29, 1.82) is 0 Å². The molecule has 1 aliphatic rings. The molecule has 0 radical (unpaired) electrons. The van der Waals surface area contributed by atoms with E-state index in [1.165, 1.54) is 11.3 Å². The summed E-state index contributed by atoms with van der Waals surface area (Å²) in [6.45, 7) is 3.59. The largest absolute Gasteiger partial charge is 0.452 e. The average molecular weight is 453 g/mol. The Labute approximate surface area is 189 Å². The molecule has 0 spiro atoms. The molecule has 166 valence electrons. The molecule has 1 aliphatic carbocycles. The van der Waals surface area contributed by atoms with Gasteiger partial charge in [0.05, 0.1) is 23.5 Å². The number of nitrogens with two attached hydrogens (primary N) is 1. The minimum Gasteiger partial charge on any atom is -0.452 e. The number of fused-ring (bicyclic) bond motifs is 1. The maximum absolute atomic E-state index is 12.7. The van der Waals surface area contributed by atoms with Gasteiger partial charge < -0.3 is 15.8 Å². The molecule has 0 saturated carbocycles. The van der Waals surface area contributed by atoms with Crippen LogP contribution in [0.3, 0.4) is 0 Å². The Bertz CT molecular complexity index is 1200. The van der Waals surface area contributed by atoms with Crippen LogP contribution in [0, 0.1) is 13.8 Å². The Morgan fingerprint density at radius 3 is 2.62 bits per heavy atom.